The van der Waals surface area contributed by atoms with E-state index in [1.165, 1.54) is 24.0 Å². The molecule has 2 aromatic rings. The molecule has 13 heteroatoms. The number of pyridine rings is 1. The Morgan fingerprint density at radius 2 is 1.89 bits per heavy atom. The molecule has 0 amide bonds. The summed E-state index contributed by atoms with van der Waals surface area (Å²) in [7, 11) is -3.74. The number of hydrogen-bond acceptors (Lipinski definition) is 6. The van der Waals surface area contributed by atoms with Gasteiger partial charge >= 0.3 is 6.18 Å². The Morgan fingerprint density at radius 1 is 1.16 bits per heavy atom. The Balaban J connectivity index is 1.61. The first-order chi connectivity index (χ1) is 17.9. The van der Waals surface area contributed by atoms with Gasteiger partial charge in [-0.2, -0.15) is 13.2 Å². The first-order valence-corrected chi connectivity index (χ1v) is 14.2. The Kier molecular flexibility index (Phi) is 8.48. The molecule has 4 rings (SSSR count). The highest BCUT2D eigenvalue weighted by Gasteiger charge is 2.42. The van der Waals surface area contributed by atoms with E-state index in [0.717, 1.165) is 13.1 Å². The van der Waals surface area contributed by atoms with Crippen LogP contribution in [0, 0.1) is 5.82 Å². The second-order valence-corrected chi connectivity index (χ2v) is 11.9. The summed E-state index contributed by atoms with van der Waals surface area (Å²) in [5.74, 6) is -1.04. The number of nitrogens with one attached hydrogen (secondary N) is 2. The first-order valence-electron chi connectivity index (χ1n) is 12.6. The van der Waals surface area contributed by atoms with Gasteiger partial charge in [-0.25, -0.2) is 12.8 Å². The zero-order valence-electron chi connectivity index (χ0n) is 21.2. The lowest BCUT2D eigenvalue weighted by molar-refractivity contribution is -0.155. The molecule has 1 fully saturated rings. The van der Waals surface area contributed by atoms with Crippen LogP contribution in [0.1, 0.15) is 43.1 Å². The summed E-state index contributed by atoms with van der Waals surface area (Å²) in [6.07, 6.45) is -2.47. The van der Waals surface area contributed by atoms with E-state index in [0.29, 0.717) is 29.9 Å². The van der Waals surface area contributed by atoms with Crippen LogP contribution in [0.4, 0.5) is 33.3 Å². The third kappa shape index (κ3) is 6.55. The van der Waals surface area contributed by atoms with E-state index in [1.54, 1.807) is 25.3 Å². The molecule has 3 heterocycles. The minimum absolute atomic E-state index is 0.0182. The zero-order valence-corrected chi connectivity index (χ0v) is 22.0. The molecule has 2 N–H and O–H groups in total. The molecule has 38 heavy (non-hydrogen) atoms. The van der Waals surface area contributed by atoms with E-state index in [9.17, 15) is 26.0 Å². The predicted octanol–water partition coefficient (Wildman–Crippen LogP) is 4.34. The zero-order chi connectivity index (χ0) is 27.7. The molecule has 7 nitrogen and oxygen atoms in total. The van der Waals surface area contributed by atoms with Gasteiger partial charge in [0, 0.05) is 25.7 Å². The minimum atomic E-state index is -4.49. The summed E-state index contributed by atoms with van der Waals surface area (Å²) in [6.45, 7) is 3.67. The van der Waals surface area contributed by atoms with Crippen molar-refractivity contribution in [3.63, 3.8) is 0 Å². The van der Waals surface area contributed by atoms with Gasteiger partial charge in [0.2, 0.25) is 10.0 Å². The van der Waals surface area contributed by atoms with Gasteiger partial charge < -0.3 is 5.32 Å². The number of fused-ring (bicyclic) bond motifs is 1. The lowest BCUT2D eigenvalue weighted by Gasteiger charge is -2.42. The number of nitrogens with zero attached hydrogens (tertiary/aromatic N) is 3. The fourth-order valence-corrected chi connectivity index (χ4v) is 5.70. The van der Waals surface area contributed by atoms with E-state index < -0.39 is 40.6 Å². The highest BCUT2D eigenvalue weighted by Crippen LogP contribution is 2.41. The monoisotopic (exact) mass is 561 g/mol. The Bertz CT molecular complexity index is 1220. The van der Waals surface area contributed by atoms with Crippen molar-refractivity contribution in [2.24, 2.45) is 0 Å². The maximum atomic E-state index is 15.5. The van der Waals surface area contributed by atoms with Crippen molar-refractivity contribution >= 4 is 21.4 Å². The van der Waals surface area contributed by atoms with Crippen LogP contribution in [0.25, 0.3) is 0 Å². The summed E-state index contributed by atoms with van der Waals surface area (Å²) in [4.78, 5) is 7.83. The Hall–Kier alpha value is -2.51. The lowest BCUT2D eigenvalue weighted by atomic mass is 9.86. The summed E-state index contributed by atoms with van der Waals surface area (Å²) in [5, 5.41) is 3.32. The predicted molar refractivity (Wildman–Crippen MR) is 136 cm³/mol. The third-order valence-corrected chi connectivity index (χ3v) is 8.27. The lowest BCUT2D eigenvalue weighted by Crippen LogP contribution is -2.54. The van der Waals surface area contributed by atoms with Gasteiger partial charge in [-0.05, 0) is 56.0 Å². The number of rotatable bonds is 10. The van der Waals surface area contributed by atoms with E-state index in [4.69, 9.17) is 0 Å². The van der Waals surface area contributed by atoms with Crippen molar-refractivity contribution < 1.29 is 30.4 Å². The summed E-state index contributed by atoms with van der Waals surface area (Å²) in [6, 6.07) is 4.58. The molecule has 2 atom stereocenters. The third-order valence-electron chi connectivity index (χ3n) is 6.98. The average molecular weight is 562 g/mol. The van der Waals surface area contributed by atoms with Gasteiger partial charge in [0.1, 0.15) is 0 Å². The highest BCUT2D eigenvalue weighted by atomic mass is 32.2. The molecule has 2 aliphatic rings. The van der Waals surface area contributed by atoms with Gasteiger partial charge in [-0.15, -0.1) is 0 Å². The molecule has 0 spiro atoms. The second-order valence-electron chi connectivity index (χ2n) is 9.86. The normalized spacial score (nSPS) is 21.1. The summed E-state index contributed by atoms with van der Waals surface area (Å²) < 4.78 is 94.7. The van der Waals surface area contributed by atoms with Gasteiger partial charge in [0.15, 0.2) is 5.82 Å². The van der Waals surface area contributed by atoms with Crippen LogP contribution in [0.2, 0.25) is 0 Å². The van der Waals surface area contributed by atoms with Crippen molar-refractivity contribution in [1.82, 2.24) is 14.8 Å². The van der Waals surface area contributed by atoms with Crippen LogP contribution in [-0.4, -0.2) is 80.1 Å². The van der Waals surface area contributed by atoms with E-state index in [1.807, 2.05) is 0 Å². The van der Waals surface area contributed by atoms with Crippen molar-refractivity contribution in [2.75, 3.05) is 48.6 Å². The van der Waals surface area contributed by atoms with E-state index >= 15 is 4.39 Å². The molecule has 1 aromatic heterocycles. The van der Waals surface area contributed by atoms with Crippen molar-refractivity contribution in [1.29, 1.82) is 0 Å². The molecule has 0 saturated carbocycles. The molecule has 2 aliphatic heterocycles. The van der Waals surface area contributed by atoms with Crippen molar-refractivity contribution in [3.8, 4) is 0 Å². The average Bonchev–Trinajstić information content (AvgIpc) is 2.83. The smallest absolute Gasteiger partial charge is 0.378 e. The summed E-state index contributed by atoms with van der Waals surface area (Å²) in [5.41, 5.74) is 1.29. The second kappa shape index (κ2) is 11.3. The molecule has 0 radical (unpaired) electrons. The Labute approximate surface area is 219 Å². The van der Waals surface area contributed by atoms with Crippen molar-refractivity contribution in [3.05, 3.63) is 53.1 Å². The molecule has 1 saturated heterocycles. The largest absolute Gasteiger partial charge is 0.401 e. The number of anilines is 2. The fraction of sp³-hybridized carbons (Fsp3) is 0.560. The van der Waals surface area contributed by atoms with Crippen LogP contribution < -0.4 is 10.0 Å². The van der Waals surface area contributed by atoms with Gasteiger partial charge in [0.25, 0.3) is 0 Å². The van der Waals surface area contributed by atoms with Crippen LogP contribution in [0.5, 0.6) is 0 Å². The molecular formula is C25H32F5N5O2S. The molecule has 0 aliphatic carbocycles. The standard InChI is InChI=1S/C25H32F5N5O2S/c1-3-38(36,37)33-21-8-6-19-20(23(21)27)11-16(2)35(15-25(28,29)30)24(19)22-7-5-17(12-31-22)32-18-13-34(14-18)10-4-9-26/h5-8,12,16,18,24,32-33H,3-4,9-11,13-15H2,1-2H3/t16-,24+/m1/s1. The number of halogens is 5. The Morgan fingerprint density at radius 3 is 2.50 bits per heavy atom. The van der Waals surface area contributed by atoms with E-state index in [-0.39, 0.29) is 36.1 Å². The topological polar surface area (TPSA) is 77.6 Å². The van der Waals surface area contributed by atoms with Crippen LogP contribution in [0.3, 0.4) is 0 Å². The quantitative estimate of drug-likeness (QED) is 0.421. The molecule has 1 aromatic carbocycles. The van der Waals surface area contributed by atoms with Crippen LogP contribution in [-0.2, 0) is 16.4 Å². The number of aromatic nitrogens is 1. The maximum Gasteiger partial charge on any atom is 0.401 e. The SMILES string of the molecule is CCS(=O)(=O)Nc1ccc2c(c1F)C[C@@H](C)N(CC(F)(F)F)[C@@H]2c1ccc(NC2CN(CCCF)C2)cn1. The highest BCUT2D eigenvalue weighted by molar-refractivity contribution is 7.92. The molecule has 0 unspecified atom stereocenters. The fourth-order valence-electron chi connectivity index (χ4n) is 5.06. The number of sulfonamides is 1. The molecular weight excluding hydrogens is 529 g/mol. The maximum absolute atomic E-state index is 15.5. The number of alkyl halides is 4. The molecule has 0 bridgehead atoms. The minimum Gasteiger partial charge on any atom is -0.378 e. The van der Waals surface area contributed by atoms with Gasteiger partial charge in [-0.3, -0.25) is 23.9 Å². The van der Waals surface area contributed by atoms with E-state index in [2.05, 4.69) is 19.9 Å². The van der Waals surface area contributed by atoms with Crippen molar-refractivity contribution in [2.45, 2.75) is 51.0 Å². The summed E-state index contributed by atoms with van der Waals surface area (Å²) >= 11 is 0. The van der Waals surface area contributed by atoms with Crippen LogP contribution >= 0.6 is 0 Å². The number of likely N-dealkylation sites (tertiary alicyclic amines) is 1. The van der Waals surface area contributed by atoms with Gasteiger partial charge in [-0.1, -0.05) is 6.07 Å². The van der Waals surface area contributed by atoms with Gasteiger partial charge in [0.05, 0.1) is 54.3 Å². The first kappa shape index (κ1) is 28.5. The number of benzene rings is 1. The van der Waals surface area contributed by atoms with Crippen LogP contribution in [0.15, 0.2) is 30.5 Å². The molecule has 210 valence electrons. The number of hydrogen-bond donors (Lipinski definition) is 2.